The van der Waals surface area contributed by atoms with Gasteiger partial charge >= 0.3 is 0 Å². The number of methoxy groups -OCH3 is 1. The molecule has 0 atom stereocenters. The van der Waals surface area contributed by atoms with Crippen LogP contribution in [-0.2, 0) is 6.54 Å². The SMILES string of the molecule is COc1ccc2[nH]c(Cn3cccn3)nc2n1. The number of pyridine rings is 1. The number of nitrogens with zero attached hydrogens (tertiary/aromatic N) is 4. The van der Waals surface area contributed by atoms with Gasteiger partial charge in [0.2, 0.25) is 5.88 Å². The minimum Gasteiger partial charge on any atom is -0.481 e. The molecular weight excluding hydrogens is 218 g/mol. The van der Waals surface area contributed by atoms with Crippen LogP contribution in [0.15, 0.2) is 30.6 Å². The summed E-state index contributed by atoms with van der Waals surface area (Å²) in [7, 11) is 1.59. The fraction of sp³-hybridized carbons (Fsp3) is 0.182. The van der Waals surface area contributed by atoms with Gasteiger partial charge in [-0.25, -0.2) is 4.98 Å². The molecule has 86 valence electrons. The van der Waals surface area contributed by atoms with Crippen molar-refractivity contribution in [2.45, 2.75) is 6.54 Å². The summed E-state index contributed by atoms with van der Waals surface area (Å²) in [5, 5.41) is 4.13. The highest BCUT2D eigenvalue weighted by Crippen LogP contribution is 2.14. The van der Waals surface area contributed by atoms with Crippen LogP contribution in [0.1, 0.15) is 5.82 Å². The topological polar surface area (TPSA) is 68.6 Å². The number of hydrogen-bond donors (Lipinski definition) is 1. The number of ether oxygens (including phenoxy) is 1. The van der Waals surface area contributed by atoms with Crippen molar-refractivity contribution in [1.29, 1.82) is 0 Å². The van der Waals surface area contributed by atoms with Crippen molar-refractivity contribution < 1.29 is 4.74 Å². The molecule has 6 nitrogen and oxygen atoms in total. The van der Waals surface area contributed by atoms with E-state index < -0.39 is 0 Å². The summed E-state index contributed by atoms with van der Waals surface area (Å²) >= 11 is 0. The molecule has 0 fully saturated rings. The highest BCUT2D eigenvalue weighted by Gasteiger charge is 2.05. The largest absolute Gasteiger partial charge is 0.481 e. The maximum atomic E-state index is 5.05. The first-order valence-corrected chi connectivity index (χ1v) is 5.22. The summed E-state index contributed by atoms with van der Waals surface area (Å²) in [6.45, 7) is 0.603. The summed E-state index contributed by atoms with van der Waals surface area (Å²) < 4.78 is 6.86. The zero-order valence-electron chi connectivity index (χ0n) is 9.29. The molecule has 6 heteroatoms. The third-order valence-electron chi connectivity index (χ3n) is 2.45. The Kier molecular flexibility index (Phi) is 2.25. The van der Waals surface area contributed by atoms with E-state index in [0.29, 0.717) is 18.1 Å². The maximum absolute atomic E-state index is 5.05. The van der Waals surface area contributed by atoms with Crippen LogP contribution in [-0.4, -0.2) is 31.8 Å². The summed E-state index contributed by atoms with van der Waals surface area (Å²) in [6, 6.07) is 5.59. The summed E-state index contributed by atoms with van der Waals surface area (Å²) in [5.41, 5.74) is 1.56. The van der Waals surface area contributed by atoms with Gasteiger partial charge in [-0.3, -0.25) is 4.68 Å². The molecule has 0 aliphatic heterocycles. The number of aromatic amines is 1. The van der Waals surface area contributed by atoms with E-state index >= 15 is 0 Å². The van der Waals surface area contributed by atoms with E-state index in [1.54, 1.807) is 24.1 Å². The first-order valence-electron chi connectivity index (χ1n) is 5.22. The summed E-state index contributed by atoms with van der Waals surface area (Å²) in [6.07, 6.45) is 3.63. The molecule has 3 aromatic rings. The summed E-state index contributed by atoms with van der Waals surface area (Å²) in [4.78, 5) is 11.8. The standard InChI is InChI=1S/C11H11N5O/c1-17-10-4-3-8-11(15-10)14-9(13-8)7-16-6-2-5-12-16/h2-6H,7H2,1H3,(H,13,14,15). The van der Waals surface area contributed by atoms with Gasteiger partial charge in [-0.1, -0.05) is 0 Å². The van der Waals surface area contributed by atoms with Crippen LogP contribution in [0, 0.1) is 0 Å². The molecule has 0 aliphatic carbocycles. The lowest BCUT2D eigenvalue weighted by Gasteiger charge is -1.95. The quantitative estimate of drug-likeness (QED) is 0.733. The van der Waals surface area contributed by atoms with Crippen LogP contribution >= 0.6 is 0 Å². The van der Waals surface area contributed by atoms with Crippen molar-refractivity contribution in [1.82, 2.24) is 24.7 Å². The first kappa shape index (κ1) is 9.83. The van der Waals surface area contributed by atoms with E-state index in [2.05, 4.69) is 20.1 Å². The fourth-order valence-electron chi connectivity index (χ4n) is 1.66. The highest BCUT2D eigenvalue weighted by molar-refractivity contribution is 5.71. The smallest absolute Gasteiger partial charge is 0.215 e. The number of imidazole rings is 1. The third kappa shape index (κ3) is 1.84. The number of aromatic nitrogens is 5. The lowest BCUT2D eigenvalue weighted by atomic mass is 10.4. The molecule has 0 radical (unpaired) electrons. The predicted molar refractivity (Wildman–Crippen MR) is 61.8 cm³/mol. The summed E-state index contributed by atoms with van der Waals surface area (Å²) in [5.74, 6) is 1.39. The molecule has 17 heavy (non-hydrogen) atoms. The van der Waals surface area contributed by atoms with Gasteiger partial charge in [0.1, 0.15) is 5.82 Å². The average molecular weight is 229 g/mol. The predicted octanol–water partition coefficient (Wildman–Crippen LogP) is 1.21. The molecule has 0 aromatic carbocycles. The molecular formula is C11H11N5O. The lowest BCUT2D eigenvalue weighted by molar-refractivity contribution is 0.399. The molecule has 3 rings (SSSR count). The Morgan fingerprint density at radius 3 is 3.06 bits per heavy atom. The third-order valence-corrected chi connectivity index (χ3v) is 2.45. The van der Waals surface area contributed by atoms with E-state index in [1.807, 2.05) is 18.3 Å². The molecule has 0 unspecified atom stereocenters. The van der Waals surface area contributed by atoms with Gasteiger partial charge < -0.3 is 9.72 Å². The van der Waals surface area contributed by atoms with Crippen LogP contribution in [0.2, 0.25) is 0 Å². The van der Waals surface area contributed by atoms with Crippen LogP contribution in [0.5, 0.6) is 5.88 Å². The monoisotopic (exact) mass is 229 g/mol. The number of rotatable bonds is 3. The minimum absolute atomic E-state index is 0.564. The number of H-pyrrole nitrogens is 1. The lowest BCUT2D eigenvalue weighted by Crippen LogP contribution is -2.01. The van der Waals surface area contributed by atoms with Gasteiger partial charge in [-0.2, -0.15) is 10.1 Å². The first-order chi connectivity index (χ1) is 8.35. The Morgan fingerprint density at radius 2 is 2.29 bits per heavy atom. The second kappa shape index (κ2) is 3.89. The molecule has 0 saturated carbocycles. The van der Waals surface area contributed by atoms with Gasteiger partial charge in [-0.15, -0.1) is 0 Å². The second-order valence-corrected chi connectivity index (χ2v) is 3.61. The highest BCUT2D eigenvalue weighted by atomic mass is 16.5. The van der Waals surface area contributed by atoms with Crippen molar-refractivity contribution in [3.05, 3.63) is 36.4 Å². The number of nitrogens with one attached hydrogen (secondary N) is 1. The van der Waals surface area contributed by atoms with Crippen LogP contribution in [0.25, 0.3) is 11.2 Å². The van der Waals surface area contributed by atoms with Crippen LogP contribution in [0.4, 0.5) is 0 Å². The Hall–Kier alpha value is -2.37. The second-order valence-electron chi connectivity index (χ2n) is 3.61. The minimum atomic E-state index is 0.564. The van der Waals surface area contributed by atoms with Gasteiger partial charge in [0, 0.05) is 18.5 Å². The zero-order chi connectivity index (χ0) is 11.7. The molecule has 3 heterocycles. The molecule has 1 N–H and O–H groups in total. The maximum Gasteiger partial charge on any atom is 0.215 e. The van der Waals surface area contributed by atoms with Crippen LogP contribution < -0.4 is 4.74 Å². The van der Waals surface area contributed by atoms with E-state index in [0.717, 1.165) is 11.3 Å². The normalized spacial score (nSPS) is 10.9. The van der Waals surface area contributed by atoms with Crippen molar-refractivity contribution in [3.63, 3.8) is 0 Å². The number of hydrogen-bond acceptors (Lipinski definition) is 4. The van der Waals surface area contributed by atoms with Crippen molar-refractivity contribution in [2.24, 2.45) is 0 Å². The Balaban J connectivity index is 1.96. The average Bonchev–Trinajstić information content (AvgIpc) is 2.96. The fourth-order valence-corrected chi connectivity index (χ4v) is 1.66. The van der Waals surface area contributed by atoms with Gasteiger partial charge in [0.15, 0.2) is 5.65 Å². The molecule has 3 aromatic heterocycles. The Morgan fingerprint density at radius 1 is 1.35 bits per heavy atom. The van der Waals surface area contributed by atoms with Crippen molar-refractivity contribution in [2.75, 3.05) is 7.11 Å². The van der Waals surface area contributed by atoms with E-state index in [4.69, 9.17) is 4.74 Å². The van der Waals surface area contributed by atoms with Gasteiger partial charge in [0.25, 0.3) is 0 Å². The van der Waals surface area contributed by atoms with Crippen molar-refractivity contribution in [3.8, 4) is 5.88 Å². The molecule has 0 aliphatic rings. The number of fused-ring (bicyclic) bond motifs is 1. The van der Waals surface area contributed by atoms with E-state index in [9.17, 15) is 0 Å². The van der Waals surface area contributed by atoms with E-state index in [-0.39, 0.29) is 0 Å². The molecule has 0 spiro atoms. The zero-order valence-corrected chi connectivity index (χ0v) is 9.29. The molecule has 0 bridgehead atoms. The van der Waals surface area contributed by atoms with Crippen LogP contribution in [0.3, 0.4) is 0 Å². The van der Waals surface area contributed by atoms with E-state index in [1.165, 1.54) is 0 Å². The van der Waals surface area contributed by atoms with Gasteiger partial charge in [0.05, 0.1) is 19.2 Å². The molecule has 0 amide bonds. The van der Waals surface area contributed by atoms with Gasteiger partial charge in [-0.05, 0) is 12.1 Å². The Labute approximate surface area is 97.3 Å². The van der Waals surface area contributed by atoms with Crippen molar-refractivity contribution >= 4 is 11.2 Å². The molecule has 0 saturated heterocycles. The Bertz CT molecular complexity index is 628.